The van der Waals surface area contributed by atoms with Crippen molar-refractivity contribution in [1.82, 2.24) is 25.3 Å². The van der Waals surface area contributed by atoms with E-state index in [-0.39, 0.29) is 5.91 Å². The molecule has 2 N–H and O–H groups in total. The van der Waals surface area contributed by atoms with Gasteiger partial charge in [0.1, 0.15) is 6.33 Å². The smallest absolute Gasteiger partial charge is 0.273 e. The van der Waals surface area contributed by atoms with E-state index in [1.807, 2.05) is 0 Å². The molecule has 0 aromatic carbocycles. The number of carbonyl (C=O) groups excluding carboxylic acids is 1. The summed E-state index contributed by atoms with van der Waals surface area (Å²) in [6.07, 6.45) is 16.4. The van der Waals surface area contributed by atoms with Crippen molar-refractivity contribution in [3.63, 3.8) is 0 Å². The van der Waals surface area contributed by atoms with Crippen LogP contribution in [0.2, 0.25) is 0 Å². The summed E-state index contributed by atoms with van der Waals surface area (Å²) in [5, 5.41) is 6.17. The van der Waals surface area contributed by atoms with Crippen molar-refractivity contribution in [2.75, 3.05) is 11.9 Å². The molecule has 0 aliphatic heterocycles. The number of nitrogens with zero attached hydrogens (tertiary/aromatic N) is 4. The molecule has 7 nitrogen and oxygen atoms in total. The van der Waals surface area contributed by atoms with Gasteiger partial charge < -0.3 is 10.6 Å². The molecule has 142 valence electrons. The average molecular weight is 366 g/mol. The molecule has 2 heterocycles. The third kappa shape index (κ3) is 4.78. The molecule has 27 heavy (non-hydrogen) atoms. The SMILES string of the molecule is O=C(NCCC1CCCCC1)c1nc(C2CC2)cnc1Nc1cncnc1. The maximum Gasteiger partial charge on any atom is 0.273 e. The summed E-state index contributed by atoms with van der Waals surface area (Å²) in [5.74, 6) is 1.46. The predicted molar refractivity (Wildman–Crippen MR) is 103 cm³/mol. The van der Waals surface area contributed by atoms with E-state index in [0.717, 1.165) is 30.9 Å². The fourth-order valence-electron chi connectivity index (χ4n) is 3.68. The predicted octanol–water partition coefficient (Wildman–Crippen LogP) is 3.59. The van der Waals surface area contributed by atoms with E-state index < -0.39 is 0 Å². The zero-order valence-electron chi connectivity index (χ0n) is 15.5. The highest BCUT2D eigenvalue weighted by molar-refractivity contribution is 5.97. The fraction of sp³-hybridized carbons (Fsp3) is 0.550. The van der Waals surface area contributed by atoms with Crippen molar-refractivity contribution < 1.29 is 4.79 Å². The maximum absolute atomic E-state index is 12.8. The second kappa shape index (κ2) is 8.41. The zero-order chi connectivity index (χ0) is 18.5. The van der Waals surface area contributed by atoms with Gasteiger partial charge in [0.25, 0.3) is 5.91 Å². The van der Waals surface area contributed by atoms with Gasteiger partial charge in [0, 0.05) is 12.5 Å². The molecule has 0 bridgehead atoms. The van der Waals surface area contributed by atoms with Crippen molar-refractivity contribution in [3.05, 3.63) is 36.3 Å². The molecular weight excluding hydrogens is 340 g/mol. The Balaban J connectivity index is 1.44. The van der Waals surface area contributed by atoms with Gasteiger partial charge in [-0.15, -0.1) is 0 Å². The second-order valence-electron chi connectivity index (χ2n) is 7.57. The summed E-state index contributed by atoms with van der Waals surface area (Å²) >= 11 is 0. The van der Waals surface area contributed by atoms with Crippen LogP contribution >= 0.6 is 0 Å². The van der Waals surface area contributed by atoms with E-state index in [4.69, 9.17) is 0 Å². The van der Waals surface area contributed by atoms with Crippen LogP contribution in [0.25, 0.3) is 0 Å². The first kappa shape index (κ1) is 17.8. The van der Waals surface area contributed by atoms with Gasteiger partial charge in [0.2, 0.25) is 0 Å². The zero-order valence-corrected chi connectivity index (χ0v) is 15.5. The lowest BCUT2D eigenvalue weighted by molar-refractivity contribution is 0.0945. The van der Waals surface area contributed by atoms with Crippen LogP contribution in [-0.2, 0) is 0 Å². The largest absolute Gasteiger partial charge is 0.351 e. The van der Waals surface area contributed by atoms with Gasteiger partial charge >= 0.3 is 0 Å². The minimum absolute atomic E-state index is 0.167. The van der Waals surface area contributed by atoms with Crippen LogP contribution in [0.5, 0.6) is 0 Å². The van der Waals surface area contributed by atoms with E-state index in [2.05, 4.69) is 30.6 Å². The van der Waals surface area contributed by atoms with Gasteiger partial charge in [-0.1, -0.05) is 32.1 Å². The Kier molecular flexibility index (Phi) is 5.55. The molecule has 0 spiro atoms. The van der Waals surface area contributed by atoms with Crippen molar-refractivity contribution in [2.45, 2.75) is 57.3 Å². The first-order valence-electron chi connectivity index (χ1n) is 9.97. The minimum atomic E-state index is -0.167. The van der Waals surface area contributed by atoms with Gasteiger partial charge in [-0.25, -0.2) is 19.9 Å². The lowest BCUT2D eigenvalue weighted by Crippen LogP contribution is -2.28. The Morgan fingerprint density at radius 1 is 1.04 bits per heavy atom. The molecule has 2 aromatic heterocycles. The molecule has 0 saturated heterocycles. The van der Waals surface area contributed by atoms with Gasteiger partial charge in [0.15, 0.2) is 11.5 Å². The molecule has 2 saturated carbocycles. The first-order chi connectivity index (χ1) is 13.3. The first-order valence-corrected chi connectivity index (χ1v) is 9.97. The standard InChI is InChI=1S/C20H26N6O/c27-20(23-9-8-14-4-2-1-3-5-14)18-19(25-16-10-21-13-22-11-16)24-12-17(26-18)15-6-7-15/h10-15H,1-9H2,(H,23,27)(H,24,25). The molecule has 4 rings (SSSR count). The third-order valence-electron chi connectivity index (χ3n) is 5.39. The van der Waals surface area contributed by atoms with Crippen molar-refractivity contribution in [1.29, 1.82) is 0 Å². The highest BCUT2D eigenvalue weighted by Crippen LogP contribution is 2.39. The summed E-state index contributed by atoms with van der Waals surface area (Å²) in [5.41, 5.74) is 1.94. The highest BCUT2D eigenvalue weighted by Gasteiger charge is 2.27. The number of nitrogens with one attached hydrogen (secondary N) is 2. The molecule has 2 aliphatic carbocycles. The van der Waals surface area contributed by atoms with Crippen LogP contribution in [0.1, 0.15) is 73.5 Å². The summed E-state index contributed by atoms with van der Waals surface area (Å²) in [7, 11) is 0. The van der Waals surface area contributed by atoms with Crippen LogP contribution in [-0.4, -0.2) is 32.4 Å². The molecule has 1 amide bonds. The summed E-state index contributed by atoms with van der Waals surface area (Å²) in [6, 6.07) is 0. The van der Waals surface area contributed by atoms with Gasteiger partial charge in [-0.3, -0.25) is 4.79 Å². The van der Waals surface area contributed by atoms with Crippen LogP contribution in [0.4, 0.5) is 11.5 Å². The van der Waals surface area contributed by atoms with Crippen LogP contribution in [0.15, 0.2) is 24.9 Å². The van der Waals surface area contributed by atoms with Crippen molar-refractivity contribution >= 4 is 17.4 Å². The lowest BCUT2D eigenvalue weighted by Gasteiger charge is -2.21. The van der Waals surface area contributed by atoms with E-state index in [1.165, 1.54) is 38.4 Å². The number of aromatic nitrogens is 4. The molecule has 7 heteroatoms. The number of hydrogen-bond acceptors (Lipinski definition) is 6. The summed E-state index contributed by atoms with van der Waals surface area (Å²) in [4.78, 5) is 29.9. The Labute approximate surface area is 159 Å². The lowest BCUT2D eigenvalue weighted by atomic mass is 9.87. The molecule has 2 fully saturated rings. The van der Waals surface area contributed by atoms with Gasteiger partial charge in [-0.2, -0.15) is 0 Å². The molecule has 0 unspecified atom stereocenters. The molecule has 0 atom stereocenters. The minimum Gasteiger partial charge on any atom is -0.351 e. The quantitative estimate of drug-likeness (QED) is 0.778. The molecule has 2 aromatic rings. The number of anilines is 2. The van der Waals surface area contributed by atoms with E-state index in [9.17, 15) is 4.79 Å². The third-order valence-corrected chi connectivity index (χ3v) is 5.39. The van der Waals surface area contributed by atoms with E-state index in [0.29, 0.717) is 29.7 Å². The Morgan fingerprint density at radius 2 is 1.81 bits per heavy atom. The van der Waals surface area contributed by atoms with Crippen LogP contribution in [0, 0.1) is 5.92 Å². The maximum atomic E-state index is 12.8. The van der Waals surface area contributed by atoms with Crippen molar-refractivity contribution in [2.24, 2.45) is 5.92 Å². The molecule has 2 aliphatic rings. The Bertz CT molecular complexity index is 771. The molecular formula is C20H26N6O. The number of carbonyl (C=O) groups is 1. The summed E-state index contributed by atoms with van der Waals surface area (Å²) in [6.45, 7) is 0.687. The Morgan fingerprint density at radius 3 is 2.56 bits per heavy atom. The summed E-state index contributed by atoms with van der Waals surface area (Å²) < 4.78 is 0. The normalized spacial score (nSPS) is 17.5. The monoisotopic (exact) mass is 366 g/mol. The van der Waals surface area contributed by atoms with Crippen LogP contribution < -0.4 is 10.6 Å². The van der Waals surface area contributed by atoms with Crippen LogP contribution in [0.3, 0.4) is 0 Å². The van der Waals surface area contributed by atoms with Crippen molar-refractivity contribution in [3.8, 4) is 0 Å². The number of amides is 1. The fourth-order valence-corrected chi connectivity index (χ4v) is 3.68. The topological polar surface area (TPSA) is 92.7 Å². The highest BCUT2D eigenvalue weighted by atomic mass is 16.1. The second-order valence-corrected chi connectivity index (χ2v) is 7.57. The number of hydrogen-bond donors (Lipinski definition) is 2. The van der Waals surface area contributed by atoms with E-state index in [1.54, 1.807) is 18.6 Å². The average Bonchev–Trinajstić information content (AvgIpc) is 3.55. The molecule has 0 radical (unpaired) electrons. The number of rotatable bonds is 7. The van der Waals surface area contributed by atoms with E-state index >= 15 is 0 Å². The van der Waals surface area contributed by atoms with Gasteiger partial charge in [0.05, 0.1) is 30.0 Å². The Hall–Kier alpha value is -2.57. The van der Waals surface area contributed by atoms with Gasteiger partial charge in [-0.05, 0) is 25.2 Å².